The molecule has 0 amide bonds. The van der Waals surface area contributed by atoms with Crippen molar-refractivity contribution < 1.29 is 4.39 Å². The van der Waals surface area contributed by atoms with Crippen LogP contribution >= 0.6 is 11.3 Å². The molecule has 0 unspecified atom stereocenters. The lowest BCUT2D eigenvalue weighted by atomic mass is 10.2. The van der Waals surface area contributed by atoms with Gasteiger partial charge < -0.3 is 5.73 Å². The van der Waals surface area contributed by atoms with E-state index in [-0.39, 0.29) is 5.82 Å². The minimum atomic E-state index is -0.274. The topological polar surface area (TPSA) is 56.2 Å². The zero-order valence-electron chi connectivity index (χ0n) is 8.09. The van der Waals surface area contributed by atoms with Gasteiger partial charge in [0.05, 0.1) is 0 Å². The van der Waals surface area contributed by atoms with Crippen LogP contribution in [0.3, 0.4) is 0 Å². The highest BCUT2D eigenvalue weighted by molar-refractivity contribution is 7.15. The molecule has 3 rings (SSSR count). The van der Waals surface area contributed by atoms with E-state index in [0.717, 1.165) is 10.5 Å². The van der Waals surface area contributed by atoms with Crippen molar-refractivity contribution in [1.29, 1.82) is 0 Å². The molecule has 1 aromatic carbocycles. The molecule has 2 aromatic heterocycles. The first kappa shape index (κ1) is 9.29. The Balaban J connectivity index is 2.15. The van der Waals surface area contributed by atoms with Crippen molar-refractivity contribution >= 4 is 22.1 Å². The number of nitrogen functional groups attached to an aromatic ring is 1. The van der Waals surface area contributed by atoms with E-state index in [1.165, 1.54) is 23.5 Å². The molecule has 6 heteroatoms. The van der Waals surface area contributed by atoms with Crippen LogP contribution in [0.15, 0.2) is 29.6 Å². The molecule has 80 valence electrons. The predicted molar refractivity (Wildman–Crippen MR) is 60.7 cm³/mol. The van der Waals surface area contributed by atoms with E-state index >= 15 is 0 Å². The van der Waals surface area contributed by atoms with E-state index in [4.69, 9.17) is 5.73 Å². The number of benzene rings is 1. The largest absolute Gasteiger partial charge is 0.383 e. The highest BCUT2D eigenvalue weighted by Gasteiger charge is 2.09. The summed E-state index contributed by atoms with van der Waals surface area (Å²) in [6, 6.07) is 6.05. The van der Waals surface area contributed by atoms with E-state index in [1.54, 1.807) is 22.0 Å². The summed E-state index contributed by atoms with van der Waals surface area (Å²) in [4.78, 5) is 5.03. The number of rotatable bonds is 1. The van der Waals surface area contributed by atoms with Crippen molar-refractivity contribution in [3.8, 4) is 11.4 Å². The Morgan fingerprint density at radius 2 is 2.00 bits per heavy atom. The van der Waals surface area contributed by atoms with Crippen molar-refractivity contribution in [3.63, 3.8) is 0 Å². The van der Waals surface area contributed by atoms with Crippen LogP contribution in [0.2, 0.25) is 0 Å². The van der Waals surface area contributed by atoms with Gasteiger partial charge in [-0.2, -0.15) is 9.50 Å². The van der Waals surface area contributed by atoms with Gasteiger partial charge in [0.1, 0.15) is 11.6 Å². The maximum absolute atomic E-state index is 12.7. The lowest BCUT2D eigenvalue weighted by molar-refractivity contribution is 0.628. The second-order valence-electron chi connectivity index (χ2n) is 3.30. The summed E-state index contributed by atoms with van der Waals surface area (Å²) in [6.07, 6.45) is 0. The first-order valence-electron chi connectivity index (χ1n) is 4.60. The first-order valence-corrected chi connectivity index (χ1v) is 5.48. The summed E-state index contributed by atoms with van der Waals surface area (Å²) < 4.78 is 14.3. The molecule has 4 nitrogen and oxygen atoms in total. The molecule has 3 aromatic rings. The monoisotopic (exact) mass is 234 g/mol. The molecule has 0 aliphatic heterocycles. The minimum absolute atomic E-state index is 0.274. The Bertz CT molecular complexity index is 640. The standard InChI is InChI=1S/C10H7FN4S/c11-7-3-1-6(2-4-7)9-13-10-15(14-9)8(12)5-16-10/h1-5H,12H2. The van der Waals surface area contributed by atoms with Crippen molar-refractivity contribution in [1.82, 2.24) is 14.6 Å². The molecule has 0 saturated carbocycles. The molecule has 16 heavy (non-hydrogen) atoms. The van der Waals surface area contributed by atoms with Gasteiger partial charge in [0, 0.05) is 10.9 Å². The quantitative estimate of drug-likeness (QED) is 0.702. The van der Waals surface area contributed by atoms with Crippen molar-refractivity contribution in [2.24, 2.45) is 0 Å². The summed E-state index contributed by atoms with van der Waals surface area (Å²) >= 11 is 1.42. The zero-order chi connectivity index (χ0) is 11.1. The lowest BCUT2D eigenvalue weighted by Crippen LogP contribution is -1.92. The highest BCUT2D eigenvalue weighted by Crippen LogP contribution is 2.21. The van der Waals surface area contributed by atoms with Crippen molar-refractivity contribution in [2.75, 3.05) is 5.73 Å². The average Bonchev–Trinajstić information content (AvgIpc) is 2.83. The fraction of sp³-hybridized carbons (Fsp3) is 0. The summed E-state index contributed by atoms with van der Waals surface area (Å²) in [5.41, 5.74) is 6.48. The average molecular weight is 234 g/mol. The molecular weight excluding hydrogens is 227 g/mol. The third-order valence-corrected chi connectivity index (χ3v) is 3.04. The Morgan fingerprint density at radius 1 is 1.25 bits per heavy atom. The number of hydrogen-bond acceptors (Lipinski definition) is 4. The van der Waals surface area contributed by atoms with Crippen LogP contribution in [0.4, 0.5) is 10.2 Å². The number of nitrogens with zero attached hydrogens (tertiary/aromatic N) is 3. The third kappa shape index (κ3) is 1.35. The smallest absolute Gasteiger partial charge is 0.214 e. The van der Waals surface area contributed by atoms with E-state index < -0.39 is 0 Å². The van der Waals surface area contributed by atoms with Gasteiger partial charge in [0.15, 0.2) is 5.82 Å². The van der Waals surface area contributed by atoms with Crippen LogP contribution in [0.25, 0.3) is 16.3 Å². The molecular formula is C10H7FN4S. The lowest BCUT2D eigenvalue weighted by Gasteiger charge is -1.93. The molecule has 0 radical (unpaired) electrons. The summed E-state index contributed by atoms with van der Waals surface area (Å²) in [5, 5.41) is 6.02. The van der Waals surface area contributed by atoms with Gasteiger partial charge in [-0.3, -0.25) is 0 Å². The van der Waals surface area contributed by atoms with Crippen LogP contribution in [0.5, 0.6) is 0 Å². The van der Waals surface area contributed by atoms with E-state index in [1.807, 2.05) is 0 Å². The number of thiazole rings is 1. The van der Waals surface area contributed by atoms with Crippen LogP contribution in [-0.4, -0.2) is 14.6 Å². The zero-order valence-corrected chi connectivity index (χ0v) is 8.91. The second kappa shape index (κ2) is 3.28. The van der Waals surface area contributed by atoms with Crippen LogP contribution < -0.4 is 5.73 Å². The molecule has 0 bridgehead atoms. The van der Waals surface area contributed by atoms with Crippen LogP contribution in [0, 0.1) is 5.82 Å². The Labute approximate surface area is 94.2 Å². The summed E-state index contributed by atoms with van der Waals surface area (Å²) in [7, 11) is 0. The number of fused-ring (bicyclic) bond motifs is 1. The molecule has 2 N–H and O–H groups in total. The Hall–Kier alpha value is -1.95. The Kier molecular flexibility index (Phi) is 1.90. The van der Waals surface area contributed by atoms with E-state index in [0.29, 0.717) is 11.6 Å². The highest BCUT2D eigenvalue weighted by atomic mass is 32.1. The molecule has 0 fully saturated rings. The summed E-state index contributed by atoms with van der Waals surface area (Å²) in [5.74, 6) is 0.837. The number of nitrogens with two attached hydrogens (primary N) is 1. The van der Waals surface area contributed by atoms with Gasteiger partial charge in [-0.1, -0.05) is 0 Å². The van der Waals surface area contributed by atoms with Gasteiger partial charge in [0.2, 0.25) is 4.96 Å². The first-order chi connectivity index (χ1) is 7.74. The van der Waals surface area contributed by atoms with Gasteiger partial charge in [-0.05, 0) is 24.3 Å². The fourth-order valence-electron chi connectivity index (χ4n) is 1.43. The third-order valence-electron chi connectivity index (χ3n) is 2.21. The Morgan fingerprint density at radius 3 is 2.69 bits per heavy atom. The van der Waals surface area contributed by atoms with Gasteiger partial charge in [-0.25, -0.2) is 4.39 Å². The van der Waals surface area contributed by atoms with Crippen LogP contribution in [0.1, 0.15) is 0 Å². The molecule has 0 saturated heterocycles. The number of halogens is 1. The molecule has 0 atom stereocenters. The second-order valence-corrected chi connectivity index (χ2v) is 4.13. The van der Waals surface area contributed by atoms with Crippen LogP contribution in [-0.2, 0) is 0 Å². The molecule has 0 spiro atoms. The summed E-state index contributed by atoms with van der Waals surface area (Å²) in [6.45, 7) is 0. The van der Waals surface area contributed by atoms with Gasteiger partial charge in [0.25, 0.3) is 0 Å². The number of aromatic nitrogens is 3. The van der Waals surface area contributed by atoms with Gasteiger partial charge >= 0.3 is 0 Å². The fourth-order valence-corrected chi connectivity index (χ4v) is 2.14. The normalized spacial score (nSPS) is 11.1. The van der Waals surface area contributed by atoms with Crippen molar-refractivity contribution in [2.45, 2.75) is 0 Å². The van der Waals surface area contributed by atoms with E-state index in [9.17, 15) is 4.39 Å². The minimum Gasteiger partial charge on any atom is -0.383 e. The number of hydrogen-bond donors (Lipinski definition) is 1. The number of anilines is 1. The maximum Gasteiger partial charge on any atom is 0.214 e. The van der Waals surface area contributed by atoms with Crippen molar-refractivity contribution in [3.05, 3.63) is 35.5 Å². The molecule has 0 aliphatic carbocycles. The SMILES string of the molecule is Nc1csc2nc(-c3ccc(F)cc3)nn12. The maximum atomic E-state index is 12.7. The van der Waals surface area contributed by atoms with Gasteiger partial charge in [-0.15, -0.1) is 16.4 Å². The predicted octanol–water partition coefficient (Wildman–Crippen LogP) is 2.18. The van der Waals surface area contributed by atoms with E-state index in [2.05, 4.69) is 10.1 Å². The molecule has 2 heterocycles. The molecule has 0 aliphatic rings.